The average Bonchev–Trinajstić information content (AvgIpc) is 2.41. The van der Waals surface area contributed by atoms with E-state index < -0.39 is 4.92 Å². The second-order valence-electron chi connectivity index (χ2n) is 3.61. The first kappa shape index (κ1) is 13.3. The summed E-state index contributed by atoms with van der Waals surface area (Å²) in [5.41, 5.74) is -0.000685. The van der Waals surface area contributed by atoms with Gasteiger partial charge in [-0.2, -0.15) is 5.26 Å². The highest BCUT2D eigenvalue weighted by Gasteiger charge is 2.16. The van der Waals surface area contributed by atoms with Gasteiger partial charge in [-0.3, -0.25) is 10.1 Å². The highest BCUT2D eigenvalue weighted by Crippen LogP contribution is 2.32. The van der Waals surface area contributed by atoms with Crippen molar-refractivity contribution in [2.24, 2.45) is 0 Å². The number of rotatable bonds is 3. The highest BCUT2D eigenvalue weighted by atomic mass is 127. The second kappa shape index (κ2) is 5.67. The van der Waals surface area contributed by atoms with E-state index in [1.807, 2.05) is 18.2 Å². The van der Waals surface area contributed by atoms with E-state index in [9.17, 15) is 10.1 Å². The molecule has 0 aliphatic rings. The molecule has 5 nitrogen and oxygen atoms in total. The number of benzene rings is 2. The summed E-state index contributed by atoms with van der Waals surface area (Å²) in [6.07, 6.45) is 0. The van der Waals surface area contributed by atoms with Crippen LogP contribution in [0.25, 0.3) is 0 Å². The van der Waals surface area contributed by atoms with Gasteiger partial charge in [-0.05, 0) is 59.0 Å². The molecule has 0 aliphatic heterocycles. The molecule has 2 aromatic rings. The molecule has 0 fully saturated rings. The molecule has 0 heterocycles. The Kier molecular flexibility index (Phi) is 3.97. The summed E-state index contributed by atoms with van der Waals surface area (Å²) >= 11 is 2.15. The van der Waals surface area contributed by atoms with Crippen LogP contribution in [0.4, 0.5) is 5.69 Å². The van der Waals surface area contributed by atoms with Gasteiger partial charge in [0.25, 0.3) is 0 Å². The second-order valence-corrected chi connectivity index (χ2v) is 4.85. The Morgan fingerprint density at radius 2 is 1.89 bits per heavy atom. The summed E-state index contributed by atoms with van der Waals surface area (Å²) in [5, 5.41) is 19.7. The first-order chi connectivity index (χ1) is 9.10. The lowest BCUT2D eigenvalue weighted by Gasteiger charge is -2.06. The Hall–Kier alpha value is -2.14. The number of ether oxygens (including phenoxy) is 1. The predicted molar refractivity (Wildman–Crippen MR) is 77.0 cm³/mol. The number of nitrogens with zero attached hydrogens (tertiary/aromatic N) is 2. The molecule has 6 heteroatoms. The fraction of sp³-hybridized carbons (Fsp3) is 0. The van der Waals surface area contributed by atoms with Crippen LogP contribution in [0.3, 0.4) is 0 Å². The maximum atomic E-state index is 10.9. The van der Waals surface area contributed by atoms with Gasteiger partial charge in [-0.1, -0.05) is 0 Å². The third kappa shape index (κ3) is 3.20. The van der Waals surface area contributed by atoms with Crippen LogP contribution in [0.2, 0.25) is 0 Å². The fourth-order valence-electron chi connectivity index (χ4n) is 1.45. The highest BCUT2D eigenvalue weighted by molar-refractivity contribution is 14.1. The third-order valence-electron chi connectivity index (χ3n) is 2.33. The summed E-state index contributed by atoms with van der Waals surface area (Å²) in [6.45, 7) is 0. The maximum absolute atomic E-state index is 10.9. The largest absolute Gasteiger partial charge is 0.450 e. The molecule has 0 bridgehead atoms. The zero-order valence-electron chi connectivity index (χ0n) is 9.54. The molecule has 2 aromatic carbocycles. The molecule has 0 radical (unpaired) electrons. The minimum atomic E-state index is -0.567. The zero-order valence-corrected chi connectivity index (χ0v) is 11.7. The Morgan fingerprint density at radius 3 is 2.47 bits per heavy atom. The minimum Gasteiger partial charge on any atom is -0.450 e. The van der Waals surface area contributed by atoms with Gasteiger partial charge >= 0.3 is 5.69 Å². The molecule has 94 valence electrons. The lowest BCUT2D eigenvalue weighted by atomic mass is 10.2. The van der Waals surface area contributed by atoms with E-state index in [0.29, 0.717) is 5.75 Å². The first-order valence-electron chi connectivity index (χ1n) is 5.22. The van der Waals surface area contributed by atoms with Crippen LogP contribution in [0, 0.1) is 25.0 Å². The van der Waals surface area contributed by atoms with Gasteiger partial charge in [-0.15, -0.1) is 0 Å². The van der Waals surface area contributed by atoms with Crippen LogP contribution in [-0.2, 0) is 0 Å². The number of halogens is 1. The van der Waals surface area contributed by atoms with Crippen molar-refractivity contribution in [2.75, 3.05) is 0 Å². The number of nitro groups is 1. The minimum absolute atomic E-state index is 0.116. The molecule has 2 rings (SSSR count). The monoisotopic (exact) mass is 366 g/mol. The summed E-state index contributed by atoms with van der Waals surface area (Å²) in [4.78, 5) is 10.4. The summed E-state index contributed by atoms with van der Waals surface area (Å²) in [5.74, 6) is 0.624. The Labute approximate surface area is 122 Å². The van der Waals surface area contributed by atoms with Crippen molar-refractivity contribution in [3.05, 3.63) is 61.7 Å². The Morgan fingerprint density at radius 1 is 1.21 bits per heavy atom. The summed E-state index contributed by atoms with van der Waals surface area (Å²) in [6, 6.07) is 13.1. The van der Waals surface area contributed by atoms with Gasteiger partial charge in [0.15, 0.2) is 0 Å². The molecule has 0 aromatic heterocycles. The van der Waals surface area contributed by atoms with Crippen LogP contribution < -0.4 is 4.74 Å². The lowest BCUT2D eigenvalue weighted by Crippen LogP contribution is -1.94. The van der Waals surface area contributed by atoms with Gasteiger partial charge < -0.3 is 4.74 Å². The molecule has 0 saturated carbocycles. The zero-order chi connectivity index (χ0) is 13.8. The number of hydrogen-bond acceptors (Lipinski definition) is 4. The van der Waals surface area contributed by atoms with Crippen molar-refractivity contribution in [3.8, 4) is 17.6 Å². The molecule has 0 aliphatic carbocycles. The summed E-state index contributed by atoms with van der Waals surface area (Å²) < 4.78 is 6.51. The molecule has 0 saturated heterocycles. The van der Waals surface area contributed by atoms with E-state index in [0.717, 1.165) is 3.57 Å². The van der Waals surface area contributed by atoms with E-state index in [4.69, 9.17) is 10.00 Å². The Bertz CT molecular complexity index is 663. The SMILES string of the molecule is N#Cc1ccc(Oc2ccc(I)cc2)c([N+](=O)[O-])c1. The van der Waals surface area contributed by atoms with Crippen LogP contribution in [0.1, 0.15) is 5.56 Å². The number of nitro benzene ring substituents is 1. The van der Waals surface area contributed by atoms with Crippen LogP contribution >= 0.6 is 22.6 Å². The molecule has 0 spiro atoms. The Balaban J connectivity index is 2.37. The third-order valence-corrected chi connectivity index (χ3v) is 3.05. The molecular formula is C13H7IN2O3. The van der Waals surface area contributed by atoms with Crippen molar-refractivity contribution in [1.82, 2.24) is 0 Å². The van der Waals surface area contributed by atoms with Crippen molar-refractivity contribution in [2.45, 2.75) is 0 Å². The van der Waals surface area contributed by atoms with E-state index in [1.165, 1.54) is 18.2 Å². The average molecular weight is 366 g/mol. The van der Waals surface area contributed by atoms with Crippen LogP contribution in [0.15, 0.2) is 42.5 Å². The predicted octanol–water partition coefficient (Wildman–Crippen LogP) is 3.86. The van der Waals surface area contributed by atoms with Gasteiger partial charge in [0.2, 0.25) is 5.75 Å². The smallest absolute Gasteiger partial charge is 0.312 e. The standard InChI is InChI=1S/C13H7IN2O3/c14-10-2-4-11(5-3-10)19-13-6-1-9(8-15)7-12(13)16(17)18/h1-7H. The van der Waals surface area contributed by atoms with Crippen molar-refractivity contribution in [3.63, 3.8) is 0 Å². The number of hydrogen-bond donors (Lipinski definition) is 0. The van der Waals surface area contributed by atoms with Crippen LogP contribution in [0.5, 0.6) is 11.5 Å². The number of nitriles is 1. The first-order valence-corrected chi connectivity index (χ1v) is 6.30. The molecule has 19 heavy (non-hydrogen) atoms. The van der Waals surface area contributed by atoms with E-state index in [-0.39, 0.29) is 17.0 Å². The molecule has 0 atom stereocenters. The maximum Gasteiger partial charge on any atom is 0.312 e. The normalized spacial score (nSPS) is 9.68. The quantitative estimate of drug-likeness (QED) is 0.470. The van der Waals surface area contributed by atoms with Gasteiger partial charge in [-0.25, -0.2) is 0 Å². The fourth-order valence-corrected chi connectivity index (χ4v) is 1.81. The topological polar surface area (TPSA) is 76.2 Å². The van der Waals surface area contributed by atoms with Crippen molar-refractivity contribution in [1.29, 1.82) is 5.26 Å². The molecular weight excluding hydrogens is 359 g/mol. The van der Waals surface area contributed by atoms with Crippen LogP contribution in [-0.4, -0.2) is 4.92 Å². The lowest BCUT2D eigenvalue weighted by molar-refractivity contribution is -0.385. The van der Waals surface area contributed by atoms with Crippen molar-refractivity contribution < 1.29 is 9.66 Å². The molecule has 0 unspecified atom stereocenters. The molecule has 0 amide bonds. The van der Waals surface area contributed by atoms with Crippen molar-refractivity contribution >= 4 is 28.3 Å². The van der Waals surface area contributed by atoms with E-state index in [2.05, 4.69) is 22.6 Å². The summed E-state index contributed by atoms with van der Waals surface area (Å²) in [7, 11) is 0. The van der Waals surface area contributed by atoms with Gasteiger partial charge in [0.1, 0.15) is 5.75 Å². The molecule has 0 N–H and O–H groups in total. The van der Waals surface area contributed by atoms with E-state index >= 15 is 0 Å². The van der Waals surface area contributed by atoms with Gasteiger partial charge in [0.05, 0.1) is 16.6 Å². The van der Waals surface area contributed by atoms with E-state index in [1.54, 1.807) is 12.1 Å². The van der Waals surface area contributed by atoms with Gasteiger partial charge in [0, 0.05) is 9.64 Å².